The van der Waals surface area contributed by atoms with Gasteiger partial charge in [-0.1, -0.05) is 12.1 Å². The lowest BCUT2D eigenvalue weighted by Crippen LogP contribution is -2.22. The minimum Gasteiger partial charge on any atom is -0.328 e. The summed E-state index contributed by atoms with van der Waals surface area (Å²) in [4.78, 5) is 33.0. The van der Waals surface area contributed by atoms with Crippen LogP contribution in [0.25, 0.3) is 11.0 Å². The van der Waals surface area contributed by atoms with E-state index < -0.39 is 11.5 Å². The van der Waals surface area contributed by atoms with Crippen LogP contribution in [-0.2, 0) is 0 Å². The average molecular weight is 254 g/mol. The van der Waals surface area contributed by atoms with Crippen molar-refractivity contribution in [3.8, 4) is 0 Å². The van der Waals surface area contributed by atoms with Gasteiger partial charge in [-0.2, -0.15) is 0 Å². The molecule has 2 aromatic heterocycles. The molecule has 1 amide bonds. The quantitative estimate of drug-likeness (QED) is 0.647. The second-order valence-corrected chi connectivity index (χ2v) is 3.97. The van der Waals surface area contributed by atoms with E-state index >= 15 is 0 Å². The van der Waals surface area contributed by atoms with Crippen LogP contribution in [0.2, 0.25) is 0 Å². The van der Waals surface area contributed by atoms with Gasteiger partial charge >= 0.3 is 0 Å². The number of benzene rings is 1. The van der Waals surface area contributed by atoms with Gasteiger partial charge in [0.2, 0.25) is 5.95 Å². The predicted octanol–water partition coefficient (Wildman–Crippen LogP) is 1.50. The van der Waals surface area contributed by atoms with E-state index in [2.05, 4.69) is 20.3 Å². The first-order valence-electron chi connectivity index (χ1n) is 5.68. The Morgan fingerprint density at radius 3 is 2.79 bits per heavy atom. The van der Waals surface area contributed by atoms with Crippen molar-refractivity contribution < 1.29 is 4.79 Å². The van der Waals surface area contributed by atoms with Crippen LogP contribution in [0.5, 0.6) is 0 Å². The van der Waals surface area contributed by atoms with Crippen LogP contribution in [0, 0.1) is 0 Å². The molecule has 0 saturated heterocycles. The molecule has 3 N–H and O–H groups in total. The smallest absolute Gasteiger partial charge is 0.263 e. The Labute approximate surface area is 107 Å². The summed E-state index contributed by atoms with van der Waals surface area (Å²) in [5.41, 5.74) is 1.18. The number of nitrogens with zero attached hydrogens (tertiary/aromatic N) is 1. The number of hydrogen-bond acceptors (Lipinski definition) is 3. The van der Waals surface area contributed by atoms with E-state index in [1.165, 1.54) is 12.3 Å². The SMILES string of the molecule is O=C(Nc1nc2ccccc2[nH]1)c1ccc[nH]c1=O. The van der Waals surface area contributed by atoms with Crippen molar-refractivity contribution in [2.24, 2.45) is 0 Å². The summed E-state index contributed by atoms with van der Waals surface area (Å²) in [5.74, 6) is -0.185. The van der Waals surface area contributed by atoms with Gasteiger partial charge in [-0.15, -0.1) is 0 Å². The van der Waals surface area contributed by atoms with Crippen molar-refractivity contribution in [2.75, 3.05) is 5.32 Å². The van der Waals surface area contributed by atoms with Crippen LogP contribution < -0.4 is 10.9 Å². The van der Waals surface area contributed by atoms with Gasteiger partial charge in [-0.3, -0.25) is 14.9 Å². The number of amides is 1. The van der Waals surface area contributed by atoms with Crippen LogP contribution in [0.3, 0.4) is 0 Å². The molecule has 0 fully saturated rings. The number of aromatic amines is 2. The van der Waals surface area contributed by atoms with Gasteiger partial charge in [0.25, 0.3) is 11.5 Å². The van der Waals surface area contributed by atoms with Crippen molar-refractivity contribution in [2.45, 2.75) is 0 Å². The number of hydrogen-bond donors (Lipinski definition) is 3. The second-order valence-electron chi connectivity index (χ2n) is 3.97. The van der Waals surface area contributed by atoms with Crippen molar-refractivity contribution >= 4 is 22.9 Å². The van der Waals surface area contributed by atoms with Crippen LogP contribution in [0.1, 0.15) is 10.4 Å². The van der Waals surface area contributed by atoms with Gasteiger partial charge in [0.1, 0.15) is 5.56 Å². The molecule has 0 unspecified atom stereocenters. The topological polar surface area (TPSA) is 90.6 Å². The maximum Gasteiger partial charge on any atom is 0.263 e. The largest absolute Gasteiger partial charge is 0.328 e. The fourth-order valence-electron chi connectivity index (χ4n) is 1.79. The zero-order chi connectivity index (χ0) is 13.2. The molecular weight excluding hydrogens is 244 g/mol. The van der Waals surface area contributed by atoms with Crippen molar-refractivity contribution in [3.63, 3.8) is 0 Å². The van der Waals surface area contributed by atoms with E-state index in [0.29, 0.717) is 5.95 Å². The molecule has 0 aliphatic carbocycles. The molecule has 94 valence electrons. The molecule has 0 aliphatic rings. The summed E-state index contributed by atoms with van der Waals surface area (Å²) in [7, 11) is 0. The van der Waals surface area contributed by atoms with E-state index in [0.717, 1.165) is 11.0 Å². The third kappa shape index (κ3) is 2.11. The Balaban J connectivity index is 1.91. The number of imidazole rings is 1. The molecule has 0 bridgehead atoms. The molecule has 0 atom stereocenters. The molecule has 0 spiro atoms. The highest BCUT2D eigenvalue weighted by molar-refractivity contribution is 6.03. The first-order valence-corrected chi connectivity index (χ1v) is 5.68. The molecule has 1 aromatic carbocycles. The fraction of sp³-hybridized carbons (Fsp3) is 0. The van der Waals surface area contributed by atoms with E-state index in [1.807, 2.05) is 24.3 Å². The highest BCUT2D eigenvalue weighted by Crippen LogP contribution is 2.13. The summed E-state index contributed by atoms with van der Waals surface area (Å²) in [6, 6.07) is 10.5. The number of carbonyl (C=O) groups is 1. The lowest BCUT2D eigenvalue weighted by molar-refractivity contribution is 0.102. The zero-order valence-corrected chi connectivity index (χ0v) is 9.81. The Kier molecular flexibility index (Phi) is 2.60. The average Bonchev–Trinajstić information content (AvgIpc) is 2.81. The number of aromatic nitrogens is 3. The number of H-pyrrole nitrogens is 2. The van der Waals surface area contributed by atoms with Crippen LogP contribution in [-0.4, -0.2) is 20.9 Å². The zero-order valence-electron chi connectivity index (χ0n) is 9.81. The standard InChI is InChI=1S/C13H10N4O2/c18-11-8(4-3-7-14-11)12(19)17-13-15-9-5-1-2-6-10(9)16-13/h1-7H,(H,14,18)(H2,15,16,17,19). The molecule has 2 heterocycles. The van der Waals surface area contributed by atoms with Crippen LogP contribution in [0.15, 0.2) is 47.4 Å². The molecule has 6 nitrogen and oxygen atoms in total. The van der Waals surface area contributed by atoms with Gasteiger partial charge in [0, 0.05) is 6.20 Å². The van der Waals surface area contributed by atoms with Gasteiger partial charge in [-0.05, 0) is 24.3 Å². The van der Waals surface area contributed by atoms with E-state index in [4.69, 9.17) is 0 Å². The summed E-state index contributed by atoms with van der Waals surface area (Å²) in [6.45, 7) is 0. The summed E-state index contributed by atoms with van der Waals surface area (Å²) < 4.78 is 0. The Hall–Kier alpha value is -2.89. The highest BCUT2D eigenvalue weighted by atomic mass is 16.2. The molecule has 3 aromatic rings. The predicted molar refractivity (Wildman–Crippen MR) is 71.1 cm³/mol. The highest BCUT2D eigenvalue weighted by Gasteiger charge is 2.11. The van der Waals surface area contributed by atoms with E-state index in [9.17, 15) is 9.59 Å². The van der Waals surface area contributed by atoms with Crippen molar-refractivity contribution in [3.05, 3.63) is 58.5 Å². The second kappa shape index (κ2) is 4.41. The Morgan fingerprint density at radius 2 is 2.00 bits per heavy atom. The number of fused-ring (bicyclic) bond motifs is 1. The van der Waals surface area contributed by atoms with Gasteiger partial charge in [0.05, 0.1) is 11.0 Å². The molecule has 19 heavy (non-hydrogen) atoms. The third-order valence-electron chi connectivity index (χ3n) is 2.68. The number of rotatable bonds is 2. The fourth-order valence-corrected chi connectivity index (χ4v) is 1.79. The molecule has 6 heteroatoms. The normalized spacial score (nSPS) is 10.5. The number of para-hydroxylation sites is 2. The van der Waals surface area contributed by atoms with Gasteiger partial charge in [-0.25, -0.2) is 4.98 Å². The number of carbonyl (C=O) groups excluding carboxylic acids is 1. The Morgan fingerprint density at radius 1 is 1.16 bits per heavy atom. The van der Waals surface area contributed by atoms with Gasteiger partial charge < -0.3 is 9.97 Å². The summed E-state index contributed by atoms with van der Waals surface area (Å²) in [6.07, 6.45) is 1.47. The number of nitrogens with one attached hydrogen (secondary N) is 3. The Bertz CT molecular complexity index is 770. The first kappa shape index (κ1) is 11.2. The van der Waals surface area contributed by atoms with E-state index in [1.54, 1.807) is 6.07 Å². The molecular formula is C13H10N4O2. The van der Waals surface area contributed by atoms with Crippen LogP contribution >= 0.6 is 0 Å². The maximum atomic E-state index is 11.9. The maximum absolute atomic E-state index is 11.9. The van der Waals surface area contributed by atoms with E-state index in [-0.39, 0.29) is 5.56 Å². The monoisotopic (exact) mass is 254 g/mol. The number of pyridine rings is 1. The number of anilines is 1. The van der Waals surface area contributed by atoms with Crippen LogP contribution in [0.4, 0.5) is 5.95 Å². The minimum atomic E-state index is -0.499. The van der Waals surface area contributed by atoms with Crippen molar-refractivity contribution in [1.82, 2.24) is 15.0 Å². The van der Waals surface area contributed by atoms with Crippen molar-refractivity contribution in [1.29, 1.82) is 0 Å². The lowest BCUT2D eigenvalue weighted by Gasteiger charge is -1.99. The molecule has 3 rings (SSSR count). The van der Waals surface area contributed by atoms with Gasteiger partial charge in [0.15, 0.2) is 0 Å². The molecule has 0 saturated carbocycles. The lowest BCUT2D eigenvalue weighted by atomic mass is 10.2. The molecule has 0 radical (unpaired) electrons. The molecule has 0 aliphatic heterocycles. The third-order valence-corrected chi connectivity index (χ3v) is 2.68. The summed E-state index contributed by atoms with van der Waals surface area (Å²) >= 11 is 0. The first-order chi connectivity index (χ1) is 9.24. The summed E-state index contributed by atoms with van der Waals surface area (Å²) in [5, 5.41) is 2.56. The minimum absolute atomic E-state index is 0.0444.